The van der Waals surface area contributed by atoms with Crippen LogP contribution in [0.15, 0.2) is 148 Å². The number of aryl methyl sites for hydroxylation is 2. The van der Waals surface area contributed by atoms with E-state index in [0.29, 0.717) is 150 Å². The van der Waals surface area contributed by atoms with Gasteiger partial charge < -0.3 is 53.3 Å². The maximum absolute atomic E-state index is 13.5. The van der Waals surface area contributed by atoms with Crippen molar-refractivity contribution in [2.24, 2.45) is 7.05 Å². The standard InChI is InChI=1S/C28H21Cl2FN4O2.C26H27Cl2N5O2.C19H19N7O2S/c29-23-10-7-19(15-24(23)30)27(36)34-13-11-33(12-14-34)26-21-3-1-2-4-25(21)35(28(37)22(26)16-32)17-18-5-8-20(31)9-6-18;1-30(2)10-3-11-33-23-9-8-20(28)16-21(23)24(22(17-29)26(33)35)31-12-14-32(15-13-31)25(34)18-4-6-19(27)7-5-18;1-21-17-15(22-29-23-17)19(28)26-9-7-25(8-10-26)16-12-5-3-4-6-14(12)24(2)18(27)13(16)11-20/h1-10,15H,11-14,17H2;4-9,16H,3,10-15H2,1-2H3;3-6H,7-10H2,1-2H3,(H,21,23). The van der Waals surface area contributed by atoms with Crippen molar-refractivity contribution in [3.05, 3.63) is 230 Å². The molecule has 0 atom stereocenters. The van der Waals surface area contributed by atoms with Gasteiger partial charge >= 0.3 is 0 Å². The van der Waals surface area contributed by atoms with E-state index in [1.165, 1.54) is 16.7 Å². The van der Waals surface area contributed by atoms with Crippen LogP contribution in [0.1, 0.15) is 59.9 Å². The number of anilines is 4. The van der Waals surface area contributed by atoms with E-state index < -0.39 is 5.56 Å². The predicted octanol–water partition coefficient (Wildman–Crippen LogP) is 10.7. The van der Waals surface area contributed by atoms with Gasteiger partial charge in [-0.1, -0.05) is 94.9 Å². The van der Waals surface area contributed by atoms with Gasteiger partial charge in [0.05, 0.1) is 61.9 Å². The summed E-state index contributed by atoms with van der Waals surface area (Å²) in [6.07, 6.45) is 0.778. The van der Waals surface area contributed by atoms with Crippen LogP contribution in [0.25, 0.3) is 32.7 Å². The van der Waals surface area contributed by atoms with Crippen LogP contribution in [-0.2, 0) is 20.1 Å². The number of benzene rings is 6. The molecular weight excluding hydrogens is 1390 g/mol. The molecule has 6 aromatic carbocycles. The highest BCUT2D eigenvalue weighted by atomic mass is 35.5. The lowest BCUT2D eigenvalue weighted by atomic mass is 10.1. The van der Waals surface area contributed by atoms with Gasteiger partial charge in [0.25, 0.3) is 34.4 Å². The Morgan fingerprint density at radius 1 is 0.535 bits per heavy atom. The van der Waals surface area contributed by atoms with E-state index in [1.807, 2.05) is 89.5 Å². The first kappa shape index (κ1) is 71.9. The Morgan fingerprint density at radius 3 is 1.55 bits per heavy atom. The van der Waals surface area contributed by atoms with E-state index >= 15 is 0 Å². The number of nitrogens with one attached hydrogen (secondary N) is 1. The van der Waals surface area contributed by atoms with Crippen molar-refractivity contribution in [3.8, 4) is 18.2 Å². The molecule has 3 amide bonds. The van der Waals surface area contributed by atoms with E-state index in [0.717, 1.165) is 57.4 Å². The fraction of sp³-hybridized carbons (Fsp3) is 0.274. The minimum absolute atomic E-state index is 0.0464. The largest absolute Gasteiger partial charge is 0.370 e. The highest BCUT2D eigenvalue weighted by Crippen LogP contribution is 2.35. The number of aromatic nitrogens is 5. The van der Waals surface area contributed by atoms with Gasteiger partial charge in [0, 0.05) is 137 Å². The summed E-state index contributed by atoms with van der Waals surface area (Å²) in [6.45, 7) is 7.19. The Hall–Kier alpha value is -10.4. The molecule has 22 nitrogen and oxygen atoms in total. The third-order valence-electron chi connectivity index (χ3n) is 18.0. The molecule has 13 rings (SSSR count). The lowest BCUT2D eigenvalue weighted by Gasteiger charge is -2.37. The molecule has 516 valence electrons. The summed E-state index contributed by atoms with van der Waals surface area (Å²) in [7, 11) is 7.35. The van der Waals surface area contributed by atoms with Gasteiger partial charge in [0.2, 0.25) is 0 Å². The molecule has 0 radical (unpaired) electrons. The quantitative estimate of drug-likeness (QED) is 0.113. The Morgan fingerprint density at radius 2 is 1.01 bits per heavy atom. The fourth-order valence-corrected chi connectivity index (χ4v) is 14.0. The maximum Gasteiger partial charge on any atom is 0.277 e. The summed E-state index contributed by atoms with van der Waals surface area (Å²) >= 11 is 25.4. The monoisotopic (exact) mass is 1450 g/mol. The zero-order valence-electron chi connectivity index (χ0n) is 55.5. The number of fused-ring (bicyclic) bond motifs is 3. The van der Waals surface area contributed by atoms with Crippen molar-refractivity contribution in [1.82, 2.24) is 42.0 Å². The number of hydrogen-bond donors (Lipinski definition) is 1. The molecule has 101 heavy (non-hydrogen) atoms. The maximum atomic E-state index is 13.5. The highest BCUT2D eigenvalue weighted by Gasteiger charge is 2.32. The third kappa shape index (κ3) is 15.4. The fourth-order valence-electron chi connectivity index (χ4n) is 12.9. The second-order valence-corrected chi connectivity index (χ2v) is 26.6. The van der Waals surface area contributed by atoms with E-state index in [2.05, 4.69) is 37.2 Å². The molecule has 4 aromatic heterocycles. The number of nitrogens with zero attached hydrogens (tertiary/aromatic N) is 15. The molecule has 0 aliphatic carbocycles. The highest BCUT2D eigenvalue weighted by molar-refractivity contribution is 6.99. The van der Waals surface area contributed by atoms with Gasteiger partial charge in [-0.05, 0) is 118 Å². The topological polar surface area (TPSA) is 249 Å². The molecule has 3 saturated heterocycles. The lowest BCUT2D eigenvalue weighted by Crippen LogP contribution is -2.49. The molecule has 3 aliphatic heterocycles. The summed E-state index contributed by atoms with van der Waals surface area (Å²) in [5.41, 5.74) is 5.40. The normalized spacial score (nSPS) is 13.9. The van der Waals surface area contributed by atoms with Crippen LogP contribution in [0, 0.1) is 39.8 Å². The van der Waals surface area contributed by atoms with Crippen LogP contribution in [0.2, 0.25) is 20.1 Å². The summed E-state index contributed by atoms with van der Waals surface area (Å²) in [6, 6.07) is 44.4. The first-order valence-corrected chi connectivity index (χ1v) is 34.5. The number of hydrogen-bond acceptors (Lipinski definition) is 17. The van der Waals surface area contributed by atoms with Gasteiger partial charge in [-0.15, -0.1) is 0 Å². The van der Waals surface area contributed by atoms with Gasteiger partial charge in [-0.2, -0.15) is 24.5 Å². The first-order valence-electron chi connectivity index (χ1n) is 32.3. The number of amides is 3. The molecule has 0 bridgehead atoms. The summed E-state index contributed by atoms with van der Waals surface area (Å²) in [4.78, 5) is 91.7. The third-order valence-corrected chi connectivity index (χ3v) is 19.8. The predicted molar refractivity (Wildman–Crippen MR) is 395 cm³/mol. The molecular formula is C73H67Cl4FN16O6S. The average Bonchev–Trinajstić information content (AvgIpc) is 0.964. The summed E-state index contributed by atoms with van der Waals surface area (Å²) in [5.74, 6) is -0.265. The van der Waals surface area contributed by atoms with Gasteiger partial charge in [0.15, 0.2) is 11.5 Å². The second-order valence-electron chi connectivity index (χ2n) is 24.4. The molecule has 0 unspecified atom stereocenters. The van der Waals surface area contributed by atoms with Gasteiger partial charge in [-0.3, -0.25) is 28.8 Å². The van der Waals surface area contributed by atoms with Crippen LogP contribution in [0.4, 0.5) is 27.3 Å². The second kappa shape index (κ2) is 31.9. The lowest BCUT2D eigenvalue weighted by molar-refractivity contribution is 0.0736. The smallest absolute Gasteiger partial charge is 0.277 e. The number of carbonyl (C=O) groups excluding carboxylic acids is 3. The van der Waals surface area contributed by atoms with Crippen molar-refractivity contribution >= 4 is 131 Å². The van der Waals surface area contributed by atoms with Crippen LogP contribution in [0.3, 0.4) is 0 Å². The molecule has 3 aliphatic rings. The number of piperazine rings is 3. The van der Waals surface area contributed by atoms with Gasteiger partial charge in [0.1, 0.15) is 40.7 Å². The summed E-state index contributed by atoms with van der Waals surface area (Å²) in [5, 5.41) is 36.8. The van der Waals surface area contributed by atoms with Crippen LogP contribution >= 0.6 is 58.1 Å². The zero-order valence-corrected chi connectivity index (χ0v) is 59.3. The van der Waals surface area contributed by atoms with Crippen LogP contribution in [-0.4, -0.2) is 166 Å². The van der Waals surface area contributed by atoms with Crippen molar-refractivity contribution in [2.45, 2.75) is 19.5 Å². The van der Waals surface area contributed by atoms with E-state index in [-0.39, 0.29) is 57.9 Å². The number of rotatable bonds is 13. The molecule has 10 aromatic rings. The minimum Gasteiger partial charge on any atom is -0.370 e. The van der Waals surface area contributed by atoms with E-state index in [4.69, 9.17) is 46.4 Å². The SMILES string of the molecule is CN(C)CCCn1c(=O)c(C#N)c(N2CCN(C(=O)c3ccc(Cl)cc3)CC2)c2cc(Cl)ccc21.CNc1nsnc1C(=O)N1CCN(c2c(C#N)c(=O)n(C)c3ccccc23)CC1.N#Cc1c(N2CCN(C(=O)c3ccc(Cl)c(Cl)c3)CC2)c2ccccc2n(Cc2ccc(F)cc2)c1=O. The van der Waals surface area contributed by atoms with E-state index in [1.54, 1.807) is 98.6 Å². The van der Waals surface area contributed by atoms with Crippen molar-refractivity contribution < 1.29 is 18.8 Å². The van der Waals surface area contributed by atoms with E-state index in [9.17, 15) is 48.9 Å². The number of pyridine rings is 3. The number of para-hydroxylation sites is 2. The number of nitriles is 3. The average molecular weight is 1460 g/mol. The van der Waals surface area contributed by atoms with Crippen LogP contribution < -0.4 is 36.7 Å². The Labute approximate surface area is 604 Å². The minimum atomic E-state index is -0.408. The summed E-state index contributed by atoms with van der Waals surface area (Å²) < 4.78 is 26.3. The Kier molecular flexibility index (Phi) is 22.7. The number of halogens is 5. The van der Waals surface area contributed by atoms with Crippen LogP contribution in [0.5, 0.6) is 0 Å². The first-order chi connectivity index (χ1) is 48.7. The zero-order chi connectivity index (χ0) is 71.8. The molecule has 0 spiro atoms. The molecule has 1 N–H and O–H groups in total. The molecule has 0 saturated carbocycles. The Balaban J connectivity index is 0.000000154. The Bertz CT molecular complexity index is 5140. The van der Waals surface area contributed by atoms with Crippen molar-refractivity contribution in [2.75, 3.05) is 126 Å². The van der Waals surface area contributed by atoms with Crippen molar-refractivity contribution in [1.29, 1.82) is 15.8 Å². The molecule has 28 heteroatoms. The molecule has 3 fully saturated rings. The molecule has 7 heterocycles. The number of carbonyl (C=O) groups is 3. The van der Waals surface area contributed by atoms with Gasteiger partial charge in [-0.25, -0.2) is 4.39 Å². The van der Waals surface area contributed by atoms with Crippen molar-refractivity contribution in [3.63, 3.8) is 0 Å².